The van der Waals surface area contributed by atoms with Gasteiger partial charge < -0.3 is 4.42 Å². The topological polar surface area (TPSA) is 89.6 Å². The van der Waals surface area contributed by atoms with E-state index in [-0.39, 0.29) is 16.8 Å². The van der Waals surface area contributed by atoms with Gasteiger partial charge in [0.05, 0.1) is 5.25 Å². The maximum atomic E-state index is 13.1. The molecule has 7 nitrogen and oxygen atoms in total. The average molecular weight is 411 g/mol. The molecule has 0 saturated heterocycles. The zero-order chi connectivity index (χ0) is 20.2. The van der Waals surface area contributed by atoms with Crippen LogP contribution in [0.15, 0.2) is 69.0 Å². The van der Waals surface area contributed by atoms with Gasteiger partial charge in [0.25, 0.3) is 0 Å². The molecule has 0 fully saturated rings. The van der Waals surface area contributed by atoms with E-state index in [2.05, 4.69) is 20.4 Å². The highest BCUT2D eigenvalue weighted by molar-refractivity contribution is 7.99. The van der Waals surface area contributed by atoms with Crippen LogP contribution < -0.4 is 5.69 Å². The molecule has 0 aliphatic carbocycles. The highest BCUT2D eigenvalue weighted by Crippen LogP contribution is 2.33. The Labute approximate surface area is 170 Å². The first-order valence-electron chi connectivity index (χ1n) is 9.05. The number of halogens is 1. The Morgan fingerprint density at radius 3 is 2.66 bits per heavy atom. The van der Waals surface area contributed by atoms with E-state index < -0.39 is 0 Å². The Morgan fingerprint density at radius 1 is 1.14 bits per heavy atom. The van der Waals surface area contributed by atoms with Crippen LogP contribution in [0.1, 0.15) is 23.6 Å². The fraction of sp³-hybridized carbons (Fsp3) is 0.200. The van der Waals surface area contributed by atoms with Crippen LogP contribution in [-0.4, -0.2) is 25.0 Å². The van der Waals surface area contributed by atoms with E-state index in [9.17, 15) is 9.18 Å². The van der Waals surface area contributed by atoms with Gasteiger partial charge in [0, 0.05) is 12.1 Å². The summed E-state index contributed by atoms with van der Waals surface area (Å²) in [5.41, 5.74) is 1.53. The van der Waals surface area contributed by atoms with Gasteiger partial charge in [0.1, 0.15) is 5.82 Å². The summed E-state index contributed by atoms with van der Waals surface area (Å²) in [6.45, 7) is 2.41. The van der Waals surface area contributed by atoms with Gasteiger partial charge in [-0.1, -0.05) is 42.1 Å². The second-order valence-corrected chi connectivity index (χ2v) is 7.72. The Kier molecular flexibility index (Phi) is 5.57. The van der Waals surface area contributed by atoms with Gasteiger partial charge in [-0.25, -0.2) is 14.3 Å². The number of rotatable bonds is 7. The summed E-state index contributed by atoms with van der Waals surface area (Å²) >= 11 is 1.35. The van der Waals surface area contributed by atoms with Crippen molar-refractivity contribution >= 4 is 11.8 Å². The summed E-state index contributed by atoms with van der Waals surface area (Å²) in [4.78, 5) is 12.1. The Hall–Kier alpha value is -3.20. The third-order valence-electron chi connectivity index (χ3n) is 4.35. The number of aromatic amines is 1. The number of aryl methyl sites for hydroxylation is 1. The monoisotopic (exact) mass is 411 g/mol. The molecule has 0 bridgehead atoms. The van der Waals surface area contributed by atoms with Crippen molar-refractivity contribution in [2.45, 2.75) is 30.3 Å². The van der Waals surface area contributed by atoms with Crippen molar-refractivity contribution in [3.05, 3.63) is 82.4 Å². The summed E-state index contributed by atoms with van der Waals surface area (Å²) < 4.78 is 20.4. The second kappa shape index (κ2) is 8.44. The first-order valence-corrected chi connectivity index (χ1v) is 9.93. The Bertz CT molecular complexity index is 1140. The predicted molar refractivity (Wildman–Crippen MR) is 107 cm³/mol. The molecule has 1 N–H and O–H groups in total. The van der Waals surface area contributed by atoms with Crippen LogP contribution in [0.2, 0.25) is 0 Å². The number of hydrogen-bond acceptors (Lipinski definition) is 6. The smallest absolute Gasteiger partial charge is 0.343 e. The number of benzene rings is 2. The minimum Gasteiger partial charge on any atom is -0.419 e. The molecule has 2 heterocycles. The standard InChI is InChI=1S/C20H18FN5O2S/c1-13(17-22-23-18(28-17)15-7-9-16(21)10-8-15)29-20-25-24-19(27)26(20)12-11-14-5-3-2-4-6-14/h2-10,13H,11-12H2,1H3,(H,24,27)/t13-/m1/s1. The molecule has 148 valence electrons. The lowest BCUT2D eigenvalue weighted by molar-refractivity contribution is 0.508. The molecule has 4 rings (SSSR count). The lowest BCUT2D eigenvalue weighted by Gasteiger charge is -2.08. The molecule has 2 aromatic heterocycles. The van der Waals surface area contributed by atoms with E-state index in [1.54, 1.807) is 16.7 Å². The molecule has 0 radical (unpaired) electrons. The third-order valence-corrected chi connectivity index (χ3v) is 5.43. The SMILES string of the molecule is C[C@@H](Sc1n[nH]c(=O)n1CCc1ccccc1)c1nnc(-c2ccc(F)cc2)o1. The van der Waals surface area contributed by atoms with Crippen molar-refractivity contribution in [3.63, 3.8) is 0 Å². The summed E-state index contributed by atoms with van der Waals surface area (Å²) in [7, 11) is 0. The molecule has 0 amide bonds. The van der Waals surface area contributed by atoms with Gasteiger partial charge in [-0.2, -0.15) is 0 Å². The molecule has 0 aliphatic heterocycles. The number of H-pyrrole nitrogens is 1. The molecule has 0 aliphatic rings. The Morgan fingerprint density at radius 2 is 1.90 bits per heavy atom. The second-order valence-electron chi connectivity index (χ2n) is 6.41. The van der Waals surface area contributed by atoms with E-state index in [0.717, 1.165) is 12.0 Å². The number of nitrogens with zero attached hydrogens (tertiary/aromatic N) is 4. The van der Waals surface area contributed by atoms with Crippen LogP contribution in [0.25, 0.3) is 11.5 Å². The molecule has 9 heteroatoms. The van der Waals surface area contributed by atoms with Gasteiger partial charge in [-0.05, 0) is 43.2 Å². The quantitative estimate of drug-likeness (QED) is 0.465. The van der Waals surface area contributed by atoms with E-state index in [4.69, 9.17) is 4.42 Å². The molecule has 4 aromatic rings. The van der Waals surface area contributed by atoms with Crippen LogP contribution in [0, 0.1) is 5.82 Å². The fourth-order valence-corrected chi connectivity index (χ4v) is 3.70. The van der Waals surface area contributed by atoms with Crippen LogP contribution in [0.3, 0.4) is 0 Å². The molecule has 0 unspecified atom stereocenters. The van der Waals surface area contributed by atoms with Gasteiger partial charge in [0.15, 0.2) is 5.16 Å². The van der Waals surface area contributed by atoms with E-state index in [0.29, 0.717) is 29.0 Å². The maximum absolute atomic E-state index is 13.1. The summed E-state index contributed by atoms with van der Waals surface area (Å²) in [6.07, 6.45) is 0.720. The van der Waals surface area contributed by atoms with Gasteiger partial charge >= 0.3 is 5.69 Å². The van der Waals surface area contributed by atoms with Crippen molar-refractivity contribution in [1.82, 2.24) is 25.0 Å². The number of nitrogens with one attached hydrogen (secondary N) is 1. The zero-order valence-corrected chi connectivity index (χ0v) is 16.4. The zero-order valence-electron chi connectivity index (χ0n) is 15.6. The predicted octanol–water partition coefficient (Wildman–Crippen LogP) is 3.86. The van der Waals surface area contributed by atoms with Crippen LogP contribution in [0.5, 0.6) is 0 Å². The van der Waals surface area contributed by atoms with Gasteiger partial charge in [-0.15, -0.1) is 15.3 Å². The van der Waals surface area contributed by atoms with Crippen LogP contribution in [0.4, 0.5) is 4.39 Å². The number of aromatic nitrogens is 5. The number of hydrogen-bond donors (Lipinski definition) is 1. The first-order chi connectivity index (χ1) is 14.1. The van der Waals surface area contributed by atoms with Crippen molar-refractivity contribution in [1.29, 1.82) is 0 Å². The van der Waals surface area contributed by atoms with E-state index in [1.165, 1.54) is 23.9 Å². The molecular formula is C20H18FN5O2S. The first kappa shape index (κ1) is 19.1. The number of thioether (sulfide) groups is 1. The largest absolute Gasteiger partial charge is 0.419 e. The van der Waals surface area contributed by atoms with Crippen molar-refractivity contribution in [2.24, 2.45) is 0 Å². The highest BCUT2D eigenvalue weighted by atomic mass is 32.2. The lowest BCUT2D eigenvalue weighted by atomic mass is 10.1. The third kappa shape index (κ3) is 4.45. The van der Waals surface area contributed by atoms with E-state index in [1.807, 2.05) is 37.3 Å². The summed E-state index contributed by atoms with van der Waals surface area (Å²) in [5, 5.41) is 15.1. The molecule has 29 heavy (non-hydrogen) atoms. The molecule has 1 atom stereocenters. The van der Waals surface area contributed by atoms with Crippen molar-refractivity contribution in [2.75, 3.05) is 0 Å². The van der Waals surface area contributed by atoms with Crippen LogP contribution >= 0.6 is 11.8 Å². The van der Waals surface area contributed by atoms with Gasteiger partial charge in [-0.3, -0.25) is 4.57 Å². The molecule has 2 aromatic carbocycles. The highest BCUT2D eigenvalue weighted by Gasteiger charge is 2.20. The van der Waals surface area contributed by atoms with E-state index >= 15 is 0 Å². The van der Waals surface area contributed by atoms with Gasteiger partial charge in [0.2, 0.25) is 11.8 Å². The summed E-state index contributed by atoms with van der Waals surface area (Å²) in [5.74, 6) is 0.389. The van der Waals surface area contributed by atoms with Crippen LogP contribution in [-0.2, 0) is 13.0 Å². The maximum Gasteiger partial charge on any atom is 0.343 e. The minimum atomic E-state index is -0.329. The van der Waals surface area contributed by atoms with Crippen molar-refractivity contribution in [3.8, 4) is 11.5 Å². The molecular weight excluding hydrogens is 393 g/mol. The fourth-order valence-electron chi connectivity index (χ4n) is 2.79. The normalized spacial score (nSPS) is 12.2. The Balaban J connectivity index is 1.47. The molecule has 0 spiro atoms. The lowest BCUT2D eigenvalue weighted by Crippen LogP contribution is -2.19. The summed E-state index contributed by atoms with van der Waals surface area (Å²) in [6, 6.07) is 15.8. The minimum absolute atomic E-state index is 0.220. The molecule has 0 saturated carbocycles. The van der Waals surface area contributed by atoms with Crippen molar-refractivity contribution < 1.29 is 8.81 Å². The average Bonchev–Trinajstić information content (AvgIpc) is 3.35.